The highest BCUT2D eigenvalue weighted by molar-refractivity contribution is 7.90. The Balaban J connectivity index is 1.64. The Bertz CT molecular complexity index is 801. The van der Waals surface area contributed by atoms with Gasteiger partial charge in [0.05, 0.1) is 10.6 Å². The standard InChI is InChI=1S/C14H20N2O6S2/c17-23(18,16-6-1-2-7-16)10-5-15-24(19,20)12-3-4-13-14(11-12)22-9-8-21-13/h3-4,11,15H,1-2,5-10H2. The van der Waals surface area contributed by atoms with Crippen LogP contribution >= 0.6 is 0 Å². The zero-order valence-corrected chi connectivity index (χ0v) is 14.7. The van der Waals surface area contributed by atoms with Crippen LogP contribution in [-0.4, -0.2) is 59.7 Å². The quantitative estimate of drug-likeness (QED) is 0.759. The number of sulfonamides is 2. The number of ether oxygens (including phenoxy) is 2. The van der Waals surface area contributed by atoms with Gasteiger partial charge < -0.3 is 9.47 Å². The number of nitrogens with zero attached hydrogens (tertiary/aromatic N) is 1. The lowest BCUT2D eigenvalue weighted by molar-refractivity contribution is 0.171. The lowest BCUT2D eigenvalue weighted by Gasteiger charge is -2.19. The Morgan fingerprint density at radius 3 is 2.38 bits per heavy atom. The fraction of sp³-hybridized carbons (Fsp3) is 0.571. The molecule has 1 aromatic carbocycles. The summed E-state index contributed by atoms with van der Waals surface area (Å²) in [7, 11) is -7.23. The van der Waals surface area contributed by atoms with Gasteiger partial charge >= 0.3 is 0 Å². The number of rotatable bonds is 6. The fourth-order valence-corrected chi connectivity index (χ4v) is 5.28. The molecule has 2 aliphatic heterocycles. The van der Waals surface area contributed by atoms with Crippen LogP contribution in [-0.2, 0) is 20.0 Å². The van der Waals surface area contributed by atoms with Gasteiger partial charge in [-0.25, -0.2) is 25.9 Å². The topological polar surface area (TPSA) is 102 Å². The van der Waals surface area contributed by atoms with Gasteiger partial charge in [-0.15, -0.1) is 0 Å². The summed E-state index contributed by atoms with van der Waals surface area (Å²) in [6.07, 6.45) is 1.70. The highest BCUT2D eigenvalue weighted by atomic mass is 32.2. The summed E-state index contributed by atoms with van der Waals surface area (Å²) in [5.74, 6) is 0.613. The summed E-state index contributed by atoms with van der Waals surface area (Å²) < 4.78 is 63.3. The SMILES string of the molecule is O=S(=O)(NCCS(=O)(=O)N1CCCC1)c1ccc2c(c1)OCCO2. The van der Waals surface area contributed by atoms with E-state index >= 15 is 0 Å². The Morgan fingerprint density at radius 1 is 1.00 bits per heavy atom. The molecule has 24 heavy (non-hydrogen) atoms. The van der Waals surface area contributed by atoms with Crippen LogP contribution in [0.3, 0.4) is 0 Å². The number of nitrogens with one attached hydrogen (secondary N) is 1. The summed E-state index contributed by atoms with van der Waals surface area (Å²) in [6, 6.07) is 4.32. The van der Waals surface area contributed by atoms with E-state index in [-0.39, 0.29) is 17.2 Å². The van der Waals surface area contributed by atoms with Gasteiger partial charge in [-0.05, 0) is 25.0 Å². The van der Waals surface area contributed by atoms with E-state index in [1.165, 1.54) is 22.5 Å². The van der Waals surface area contributed by atoms with Crippen molar-refractivity contribution >= 4 is 20.0 Å². The first kappa shape index (κ1) is 17.5. The van der Waals surface area contributed by atoms with Crippen LogP contribution < -0.4 is 14.2 Å². The molecule has 0 bridgehead atoms. The first-order valence-corrected chi connectivity index (χ1v) is 10.8. The number of hydrogen-bond acceptors (Lipinski definition) is 6. The Morgan fingerprint density at radius 2 is 1.67 bits per heavy atom. The van der Waals surface area contributed by atoms with Crippen LogP contribution in [0.15, 0.2) is 23.1 Å². The normalized spacial score (nSPS) is 18.7. The number of benzene rings is 1. The van der Waals surface area contributed by atoms with E-state index in [1.54, 1.807) is 0 Å². The molecule has 1 saturated heterocycles. The van der Waals surface area contributed by atoms with Gasteiger partial charge in [0.25, 0.3) is 0 Å². The minimum Gasteiger partial charge on any atom is -0.486 e. The van der Waals surface area contributed by atoms with E-state index in [4.69, 9.17) is 9.47 Å². The number of fused-ring (bicyclic) bond motifs is 1. The molecule has 10 heteroatoms. The third-order valence-electron chi connectivity index (χ3n) is 3.93. The summed E-state index contributed by atoms with van der Waals surface area (Å²) in [5.41, 5.74) is 0. The molecule has 1 aromatic rings. The van der Waals surface area contributed by atoms with Gasteiger partial charge in [0.15, 0.2) is 11.5 Å². The molecule has 0 radical (unpaired) electrons. The molecule has 0 atom stereocenters. The lowest BCUT2D eigenvalue weighted by Crippen LogP contribution is -2.36. The van der Waals surface area contributed by atoms with Crippen LogP contribution in [0.2, 0.25) is 0 Å². The van der Waals surface area contributed by atoms with Crippen LogP contribution in [0.5, 0.6) is 11.5 Å². The Hall–Kier alpha value is -1.36. The summed E-state index contributed by atoms with van der Waals surface area (Å²) >= 11 is 0. The maximum absolute atomic E-state index is 12.3. The Labute approximate surface area is 141 Å². The molecular formula is C14H20N2O6S2. The second-order valence-electron chi connectivity index (χ2n) is 5.63. The van der Waals surface area contributed by atoms with Crippen molar-refractivity contribution in [3.8, 4) is 11.5 Å². The molecule has 0 aromatic heterocycles. The van der Waals surface area contributed by atoms with Crippen molar-refractivity contribution in [2.75, 3.05) is 38.6 Å². The lowest BCUT2D eigenvalue weighted by atomic mass is 10.3. The van der Waals surface area contributed by atoms with Crippen molar-refractivity contribution in [3.63, 3.8) is 0 Å². The van der Waals surface area contributed by atoms with Gasteiger partial charge in [-0.1, -0.05) is 0 Å². The molecule has 1 N–H and O–H groups in total. The molecule has 2 heterocycles. The molecule has 3 rings (SSSR count). The predicted molar refractivity (Wildman–Crippen MR) is 87.2 cm³/mol. The first-order valence-electron chi connectivity index (χ1n) is 7.76. The summed E-state index contributed by atoms with van der Waals surface area (Å²) in [5, 5.41) is 0. The molecule has 8 nitrogen and oxygen atoms in total. The van der Waals surface area contributed by atoms with E-state index in [0.717, 1.165) is 12.8 Å². The highest BCUT2D eigenvalue weighted by Crippen LogP contribution is 2.32. The van der Waals surface area contributed by atoms with Crippen molar-refractivity contribution in [1.82, 2.24) is 9.03 Å². The molecule has 0 spiro atoms. The van der Waals surface area contributed by atoms with E-state index in [2.05, 4.69) is 4.72 Å². The smallest absolute Gasteiger partial charge is 0.240 e. The van der Waals surface area contributed by atoms with Gasteiger partial charge in [0.1, 0.15) is 13.2 Å². The largest absolute Gasteiger partial charge is 0.486 e. The minimum absolute atomic E-state index is 0.0188. The average Bonchev–Trinajstić information content (AvgIpc) is 3.09. The van der Waals surface area contributed by atoms with Gasteiger partial charge in [0, 0.05) is 25.7 Å². The zero-order chi connectivity index (χ0) is 17.2. The van der Waals surface area contributed by atoms with E-state index in [0.29, 0.717) is 37.8 Å². The van der Waals surface area contributed by atoms with E-state index in [1.807, 2.05) is 0 Å². The molecule has 0 aliphatic carbocycles. The van der Waals surface area contributed by atoms with Crippen molar-refractivity contribution in [3.05, 3.63) is 18.2 Å². The average molecular weight is 376 g/mol. The van der Waals surface area contributed by atoms with Gasteiger partial charge in [0.2, 0.25) is 20.0 Å². The van der Waals surface area contributed by atoms with Gasteiger partial charge in [-0.3, -0.25) is 0 Å². The van der Waals surface area contributed by atoms with Crippen molar-refractivity contribution in [2.45, 2.75) is 17.7 Å². The monoisotopic (exact) mass is 376 g/mol. The minimum atomic E-state index is -3.81. The van der Waals surface area contributed by atoms with Crippen molar-refractivity contribution in [2.24, 2.45) is 0 Å². The third-order valence-corrected chi connectivity index (χ3v) is 7.27. The zero-order valence-electron chi connectivity index (χ0n) is 13.1. The summed E-state index contributed by atoms with van der Waals surface area (Å²) in [4.78, 5) is 0.0188. The molecular weight excluding hydrogens is 356 g/mol. The molecule has 0 amide bonds. The van der Waals surface area contributed by atoms with Crippen LogP contribution in [0.1, 0.15) is 12.8 Å². The molecule has 2 aliphatic rings. The molecule has 0 unspecified atom stereocenters. The van der Waals surface area contributed by atoms with Crippen LogP contribution in [0.25, 0.3) is 0 Å². The van der Waals surface area contributed by atoms with Crippen LogP contribution in [0.4, 0.5) is 0 Å². The Kier molecular flexibility index (Phi) is 5.00. The summed E-state index contributed by atoms with van der Waals surface area (Å²) in [6.45, 7) is 1.63. The van der Waals surface area contributed by atoms with Crippen molar-refractivity contribution < 1.29 is 26.3 Å². The number of hydrogen-bond donors (Lipinski definition) is 1. The van der Waals surface area contributed by atoms with Gasteiger partial charge in [-0.2, -0.15) is 0 Å². The third kappa shape index (κ3) is 3.82. The maximum Gasteiger partial charge on any atom is 0.240 e. The van der Waals surface area contributed by atoms with Crippen molar-refractivity contribution in [1.29, 1.82) is 0 Å². The second kappa shape index (κ2) is 6.87. The molecule has 134 valence electrons. The molecule has 0 saturated carbocycles. The maximum atomic E-state index is 12.3. The van der Waals surface area contributed by atoms with Crippen LogP contribution in [0, 0.1) is 0 Å². The molecule has 1 fully saturated rings. The highest BCUT2D eigenvalue weighted by Gasteiger charge is 2.26. The fourth-order valence-electron chi connectivity index (χ4n) is 2.67. The first-order chi connectivity index (χ1) is 11.4. The van der Waals surface area contributed by atoms with E-state index < -0.39 is 20.0 Å². The van der Waals surface area contributed by atoms with E-state index in [9.17, 15) is 16.8 Å². The predicted octanol–water partition coefficient (Wildman–Crippen LogP) is 0.162. The second-order valence-corrected chi connectivity index (χ2v) is 9.48.